The molecule has 0 radical (unpaired) electrons. The van der Waals surface area contributed by atoms with Crippen molar-refractivity contribution in [1.29, 1.82) is 0 Å². The van der Waals surface area contributed by atoms with Crippen LogP contribution >= 0.6 is 11.8 Å². The summed E-state index contributed by atoms with van der Waals surface area (Å²) >= 11 is 1.79. The fourth-order valence-electron chi connectivity index (χ4n) is 2.94. The Morgan fingerprint density at radius 1 is 1.40 bits per heavy atom. The van der Waals surface area contributed by atoms with E-state index in [2.05, 4.69) is 10.1 Å². The van der Waals surface area contributed by atoms with Gasteiger partial charge in [0.05, 0.1) is 23.0 Å². The maximum absolute atomic E-state index is 11.1. The summed E-state index contributed by atoms with van der Waals surface area (Å²) in [7, 11) is 0. The normalized spacial score (nSPS) is 15.7. The summed E-state index contributed by atoms with van der Waals surface area (Å²) in [5.74, 6) is 0.292. The third-order valence-corrected chi connectivity index (χ3v) is 5.64. The van der Waals surface area contributed by atoms with Crippen molar-refractivity contribution in [3.63, 3.8) is 0 Å². The third-order valence-electron chi connectivity index (χ3n) is 4.21. The first-order valence-electron chi connectivity index (χ1n) is 8.34. The van der Waals surface area contributed by atoms with Gasteiger partial charge in [-0.25, -0.2) is 9.66 Å². The number of hydrogen-bond donors (Lipinski definition) is 1. The average molecular weight is 359 g/mol. The van der Waals surface area contributed by atoms with Crippen molar-refractivity contribution < 1.29 is 4.92 Å². The van der Waals surface area contributed by atoms with Gasteiger partial charge >= 0.3 is 0 Å². The van der Waals surface area contributed by atoms with Crippen LogP contribution in [0.3, 0.4) is 0 Å². The highest BCUT2D eigenvalue weighted by Crippen LogP contribution is 2.36. The van der Waals surface area contributed by atoms with Gasteiger partial charge in [0, 0.05) is 27.8 Å². The first-order chi connectivity index (χ1) is 12.0. The highest BCUT2D eigenvalue weighted by Gasteiger charge is 2.18. The molecular weight excluding hydrogens is 338 g/mol. The summed E-state index contributed by atoms with van der Waals surface area (Å²) in [6.45, 7) is 1.83. The summed E-state index contributed by atoms with van der Waals surface area (Å²) in [4.78, 5) is 15.8. The van der Waals surface area contributed by atoms with E-state index < -0.39 is 0 Å². The van der Waals surface area contributed by atoms with Gasteiger partial charge in [-0.15, -0.1) is 11.8 Å². The average Bonchev–Trinajstić information content (AvgIpc) is 2.92. The second kappa shape index (κ2) is 7.69. The van der Waals surface area contributed by atoms with Crippen LogP contribution < -0.4 is 5.73 Å². The topological polar surface area (TPSA) is 99.3 Å². The number of anilines is 1. The molecule has 1 fully saturated rings. The van der Waals surface area contributed by atoms with Crippen LogP contribution in [-0.4, -0.2) is 26.0 Å². The minimum atomic E-state index is -0.387. The Morgan fingerprint density at radius 2 is 2.16 bits per heavy atom. The number of imidazole rings is 1. The van der Waals surface area contributed by atoms with Crippen LogP contribution in [0.25, 0.3) is 0 Å². The Bertz CT molecular complexity index is 796. The zero-order valence-corrected chi connectivity index (χ0v) is 14.9. The van der Waals surface area contributed by atoms with E-state index in [0.29, 0.717) is 11.2 Å². The van der Waals surface area contributed by atoms with E-state index in [-0.39, 0.29) is 10.6 Å². The Hall–Kier alpha value is -2.35. The molecule has 0 unspecified atom stereocenters. The number of nitro groups is 1. The molecule has 2 aromatic rings. The van der Waals surface area contributed by atoms with Gasteiger partial charge in [0.2, 0.25) is 5.95 Å². The third kappa shape index (κ3) is 4.39. The molecule has 0 bridgehead atoms. The van der Waals surface area contributed by atoms with E-state index in [0.717, 1.165) is 16.2 Å². The smallest absolute Gasteiger partial charge is 0.270 e. The highest BCUT2D eigenvalue weighted by molar-refractivity contribution is 8.00. The SMILES string of the molecule is Cc1cn(N=Cc2cc([N+](=O)[O-])ccc2SC2CCCCC2)c(N)n1. The molecule has 2 N–H and O–H groups in total. The lowest BCUT2D eigenvalue weighted by atomic mass is 10.0. The minimum absolute atomic E-state index is 0.0595. The minimum Gasteiger partial charge on any atom is -0.368 e. The Morgan fingerprint density at radius 3 is 2.80 bits per heavy atom. The number of aromatic nitrogens is 2. The Labute approximate surface area is 150 Å². The van der Waals surface area contributed by atoms with Crippen LogP contribution in [0, 0.1) is 17.0 Å². The molecule has 1 aliphatic carbocycles. The van der Waals surface area contributed by atoms with Gasteiger partial charge in [0.25, 0.3) is 5.69 Å². The largest absolute Gasteiger partial charge is 0.368 e. The van der Waals surface area contributed by atoms with Crippen molar-refractivity contribution in [1.82, 2.24) is 9.66 Å². The summed E-state index contributed by atoms with van der Waals surface area (Å²) < 4.78 is 1.48. The van der Waals surface area contributed by atoms with E-state index >= 15 is 0 Å². The second-order valence-corrected chi connectivity index (χ2v) is 7.53. The molecule has 1 aliphatic rings. The number of aryl methyl sites for hydroxylation is 1. The molecule has 1 heterocycles. The Kier molecular flexibility index (Phi) is 5.37. The molecule has 3 rings (SSSR count). The molecule has 0 saturated heterocycles. The maximum atomic E-state index is 11.1. The molecule has 0 aliphatic heterocycles. The second-order valence-electron chi connectivity index (χ2n) is 6.19. The molecule has 1 aromatic carbocycles. The molecular formula is C17H21N5O2S. The number of hydrogen-bond acceptors (Lipinski definition) is 6. The lowest BCUT2D eigenvalue weighted by Crippen LogP contribution is -2.08. The molecule has 0 atom stereocenters. The van der Waals surface area contributed by atoms with E-state index in [1.165, 1.54) is 36.8 Å². The lowest BCUT2D eigenvalue weighted by molar-refractivity contribution is -0.384. The number of non-ortho nitro benzene ring substituents is 1. The number of nitro benzene ring substituents is 1. The summed E-state index contributed by atoms with van der Waals surface area (Å²) in [5.41, 5.74) is 7.36. The van der Waals surface area contributed by atoms with Crippen LogP contribution in [0.5, 0.6) is 0 Å². The van der Waals surface area contributed by atoms with Gasteiger partial charge in [-0.3, -0.25) is 10.1 Å². The fourth-order valence-corrected chi connectivity index (χ4v) is 4.26. The van der Waals surface area contributed by atoms with E-state index in [4.69, 9.17) is 5.73 Å². The number of thioether (sulfide) groups is 1. The number of rotatable bonds is 5. The molecule has 7 nitrogen and oxygen atoms in total. The zero-order chi connectivity index (χ0) is 17.8. The van der Waals surface area contributed by atoms with Gasteiger partial charge in [0.15, 0.2) is 0 Å². The predicted molar refractivity (Wildman–Crippen MR) is 100 cm³/mol. The standard InChI is InChI=1S/C17H21N5O2S/c1-12-11-21(17(18)20-12)19-10-13-9-14(22(23)24)7-8-16(13)25-15-5-3-2-4-6-15/h7-11,15H,2-6H2,1H3,(H2,18,20). The van der Waals surface area contributed by atoms with Crippen LogP contribution in [0.4, 0.5) is 11.6 Å². The zero-order valence-electron chi connectivity index (χ0n) is 14.1. The van der Waals surface area contributed by atoms with Crippen molar-refractivity contribution in [2.75, 3.05) is 5.73 Å². The lowest BCUT2D eigenvalue weighted by Gasteiger charge is -2.21. The predicted octanol–water partition coefficient (Wildman–Crippen LogP) is 3.99. The summed E-state index contributed by atoms with van der Waals surface area (Å²) in [6, 6.07) is 4.94. The number of benzene rings is 1. The van der Waals surface area contributed by atoms with E-state index in [1.807, 2.05) is 13.0 Å². The van der Waals surface area contributed by atoms with Crippen LogP contribution in [-0.2, 0) is 0 Å². The van der Waals surface area contributed by atoms with Crippen molar-refractivity contribution in [2.45, 2.75) is 49.2 Å². The van der Waals surface area contributed by atoms with Crippen LogP contribution in [0.15, 0.2) is 34.4 Å². The molecule has 0 spiro atoms. The maximum Gasteiger partial charge on any atom is 0.270 e. The molecule has 0 amide bonds. The highest BCUT2D eigenvalue weighted by atomic mass is 32.2. The first kappa shape index (κ1) is 17.5. The van der Waals surface area contributed by atoms with Crippen molar-refractivity contribution in [3.05, 3.63) is 45.8 Å². The van der Waals surface area contributed by atoms with Crippen LogP contribution in [0.1, 0.15) is 43.4 Å². The van der Waals surface area contributed by atoms with Gasteiger partial charge in [-0.05, 0) is 25.8 Å². The number of nitrogens with zero attached hydrogens (tertiary/aromatic N) is 4. The van der Waals surface area contributed by atoms with Crippen molar-refractivity contribution in [2.24, 2.45) is 5.10 Å². The first-order valence-corrected chi connectivity index (χ1v) is 9.22. The van der Waals surface area contributed by atoms with Gasteiger partial charge in [-0.2, -0.15) is 5.10 Å². The van der Waals surface area contributed by atoms with Gasteiger partial charge in [0.1, 0.15) is 0 Å². The molecule has 132 valence electrons. The molecule has 25 heavy (non-hydrogen) atoms. The van der Waals surface area contributed by atoms with Gasteiger partial charge in [-0.1, -0.05) is 19.3 Å². The quantitative estimate of drug-likeness (QED) is 0.494. The van der Waals surface area contributed by atoms with Crippen LogP contribution in [0.2, 0.25) is 0 Å². The van der Waals surface area contributed by atoms with E-state index in [1.54, 1.807) is 36.3 Å². The fraction of sp³-hybridized carbons (Fsp3) is 0.412. The van der Waals surface area contributed by atoms with Crippen molar-refractivity contribution >= 4 is 29.6 Å². The number of nitrogens with two attached hydrogens (primary N) is 1. The van der Waals surface area contributed by atoms with Crippen molar-refractivity contribution in [3.8, 4) is 0 Å². The molecule has 1 aromatic heterocycles. The van der Waals surface area contributed by atoms with Gasteiger partial charge < -0.3 is 5.73 Å². The summed E-state index contributed by atoms with van der Waals surface area (Å²) in [5, 5.41) is 16.0. The number of nitrogen functional groups attached to an aromatic ring is 1. The summed E-state index contributed by atoms with van der Waals surface area (Å²) in [6.07, 6.45) is 9.51. The molecule has 1 saturated carbocycles. The monoisotopic (exact) mass is 359 g/mol. The van der Waals surface area contributed by atoms with E-state index in [9.17, 15) is 10.1 Å². The Balaban J connectivity index is 1.89. The molecule has 8 heteroatoms.